The van der Waals surface area contributed by atoms with Gasteiger partial charge in [-0.3, -0.25) is 4.79 Å². The number of carbonyl (C=O) groups is 1. The molecule has 0 spiro atoms. The number of aliphatic carboxylic acids is 1. The molecule has 1 fully saturated rings. The van der Waals surface area contributed by atoms with E-state index in [9.17, 15) is 22.0 Å². The third-order valence-corrected chi connectivity index (χ3v) is 4.97. The third-order valence-electron chi connectivity index (χ3n) is 2.98. The van der Waals surface area contributed by atoms with Crippen molar-refractivity contribution in [2.24, 2.45) is 0 Å². The van der Waals surface area contributed by atoms with Crippen LogP contribution in [-0.2, 0) is 14.8 Å². The first kappa shape index (κ1) is 14.9. The van der Waals surface area contributed by atoms with Crippen LogP contribution in [0.15, 0.2) is 23.1 Å². The maximum Gasteiger partial charge on any atom is 0.304 e. The third kappa shape index (κ3) is 3.13. The summed E-state index contributed by atoms with van der Waals surface area (Å²) in [7, 11) is -4.15. The first-order chi connectivity index (χ1) is 9.32. The van der Waals surface area contributed by atoms with Crippen molar-refractivity contribution in [2.45, 2.75) is 30.2 Å². The summed E-state index contributed by atoms with van der Waals surface area (Å²) in [5, 5.41) is 8.65. The molecule has 2 rings (SSSR count). The van der Waals surface area contributed by atoms with Crippen LogP contribution >= 0.6 is 0 Å². The topological polar surface area (TPSA) is 74.7 Å². The second-order valence-electron chi connectivity index (χ2n) is 4.57. The van der Waals surface area contributed by atoms with E-state index < -0.39 is 32.5 Å². The molecular weight excluding hydrogens is 292 g/mol. The van der Waals surface area contributed by atoms with Crippen LogP contribution in [0.5, 0.6) is 0 Å². The Morgan fingerprint density at radius 3 is 2.50 bits per heavy atom. The zero-order chi connectivity index (χ0) is 14.9. The van der Waals surface area contributed by atoms with Gasteiger partial charge in [0.1, 0.15) is 16.5 Å². The Morgan fingerprint density at radius 1 is 1.35 bits per heavy atom. The van der Waals surface area contributed by atoms with E-state index >= 15 is 0 Å². The molecule has 0 atom stereocenters. The van der Waals surface area contributed by atoms with E-state index in [0.29, 0.717) is 18.9 Å². The van der Waals surface area contributed by atoms with Gasteiger partial charge in [-0.2, -0.15) is 4.31 Å². The van der Waals surface area contributed by atoms with Crippen molar-refractivity contribution < 1.29 is 27.1 Å². The smallest absolute Gasteiger partial charge is 0.304 e. The zero-order valence-corrected chi connectivity index (χ0v) is 11.2. The van der Waals surface area contributed by atoms with Gasteiger partial charge in [0.15, 0.2) is 0 Å². The van der Waals surface area contributed by atoms with Gasteiger partial charge in [-0.15, -0.1) is 0 Å². The van der Waals surface area contributed by atoms with Gasteiger partial charge in [-0.25, -0.2) is 17.2 Å². The number of nitrogens with zero attached hydrogens (tertiary/aromatic N) is 1. The van der Waals surface area contributed by atoms with Crippen molar-refractivity contribution in [1.82, 2.24) is 4.31 Å². The predicted octanol–water partition coefficient (Wildman–Crippen LogP) is 1.59. The van der Waals surface area contributed by atoms with Gasteiger partial charge in [0.2, 0.25) is 10.0 Å². The van der Waals surface area contributed by atoms with E-state index in [-0.39, 0.29) is 19.0 Å². The van der Waals surface area contributed by atoms with Crippen molar-refractivity contribution in [1.29, 1.82) is 0 Å². The summed E-state index contributed by atoms with van der Waals surface area (Å²) in [6.07, 6.45) is 0.863. The Labute approximate surface area is 114 Å². The second-order valence-corrected chi connectivity index (χ2v) is 6.42. The minimum atomic E-state index is -4.15. The summed E-state index contributed by atoms with van der Waals surface area (Å²) >= 11 is 0. The van der Waals surface area contributed by atoms with Crippen LogP contribution in [0.3, 0.4) is 0 Å². The number of halogens is 2. The zero-order valence-electron chi connectivity index (χ0n) is 10.4. The largest absolute Gasteiger partial charge is 0.481 e. The highest BCUT2D eigenvalue weighted by atomic mass is 32.2. The maximum atomic E-state index is 13.6. The number of hydrogen-bond donors (Lipinski definition) is 1. The Hall–Kier alpha value is -1.54. The molecule has 1 saturated carbocycles. The molecule has 0 saturated heterocycles. The van der Waals surface area contributed by atoms with E-state index in [2.05, 4.69) is 0 Å². The average Bonchev–Trinajstić information content (AvgIpc) is 3.12. The van der Waals surface area contributed by atoms with Crippen LogP contribution in [0.25, 0.3) is 0 Å². The molecule has 1 aromatic carbocycles. The summed E-state index contributed by atoms with van der Waals surface area (Å²) < 4.78 is 52.1. The van der Waals surface area contributed by atoms with E-state index in [0.717, 1.165) is 16.4 Å². The maximum absolute atomic E-state index is 13.6. The van der Waals surface area contributed by atoms with Crippen molar-refractivity contribution in [2.75, 3.05) is 6.54 Å². The molecule has 8 heteroatoms. The molecule has 1 aliphatic rings. The van der Waals surface area contributed by atoms with Crippen LogP contribution in [-0.4, -0.2) is 36.4 Å². The molecule has 0 unspecified atom stereocenters. The lowest BCUT2D eigenvalue weighted by Crippen LogP contribution is -2.35. The molecule has 0 heterocycles. The van der Waals surface area contributed by atoms with Crippen molar-refractivity contribution in [3.63, 3.8) is 0 Å². The number of hydrogen-bond acceptors (Lipinski definition) is 3. The Balaban J connectivity index is 2.32. The normalized spacial score (nSPS) is 15.6. The summed E-state index contributed by atoms with van der Waals surface area (Å²) in [5.74, 6) is -3.18. The molecule has 0 radical (unpaired) electrons. The molecule has 20 heavy (non-hydrogen) atoms. The Kier molecular flexibility index (Phi) is 4.05. The molecule has 0 aliphatic heterocycles. The Morgan fingerprint density at radius 2 is 2.00 bits per heavy atom. The highest BCUT2D eigenvalue weighted by Gasteiger charge is 2.39. The van der Waals surface area contributed by atoms with Crippen LogP contribution in [0.2, 0.25) is 0 Å². The molecule has 1 aliphatic carbocycles. The average molecular weight is 305 g/mol. The molecule has 0 bridgehead atoms. The number of benzene rings is 1. The lowest BCUT2D eigenvalue weighted by molar-refractivity contribution is -0.137. The van der Waals surface area contributed by atoms with Crippen LogP contribution in [0.4, 0.5) is 8.78 Å². The highest BCUT2D eigenvalue weighted by molar-refractivity contribution is 7.89. The van der Waals surface area contributed by atoms with Crippen LogP contribution in [0, 0.1) is 11.6 Å². The summed E-state index contributed by atoms with van der Waals surface area (Å²) in [6.45, 7) is -0.223. The molecular formula is C12H13F2NO4S. The van der Waals surface area contributed by atoms with E-state index in [1.54, 1.807) is 0 Å². The number of carboxylic acids is 1. The fourth-order valence-electron chi connectivity index (χ4n) is 1.88. The first-order valence-electron chi connectivity index (χ1n) is 6.01. The summed E-state index contributed by atoms with van der Waals surface area (Å²) in [5.41, 5.74) is 0. The van der Waals surface area contributed by atoms with E-state index in [1.165, 1.54) is 0 Å². The standard InChI is InChI=1S/C12H13F2NO4S/c13-8-1-4-11(10(14)7-8)20(18,19)15(9-2-3-9)6-5-12(16)17/h1,4,7,9H,2-3,5-6H2,(H,16,17). The van der Waals surface area contributed by atoms with Gasteiger partial charge in [-0.1, -0.05) is 0 Å². The van der Waals surface area contributed by atoms with Crippen LogP contribution in [0.1, 0.15) is 19.3 Å². The molecule has 110 valence electrons. The first-order valence-corrected chi connectivity index (χ1v) is 7.45. The fourth-order valence-corrected chi connectivity index (χ4v) is 3.61. The van der Waals surface area contributed by atoms with Crippen molar-refractivity contribution >= 4 is 16.0 Å². The molecule has 0 amide bonds. The summed E-state index contributed by atoms with van der Waals surface area (Å²) in [4.78, 5) is 9.95. The van der Waals surface area contributed by atoms with Crippen LogP contribution < -0.4 is 0 Å². The van der Waals surface area contributed by atoms with Crippen molar-refractivity contribution in [3.05, 3.63) is 29.8 Å². The van der Waals surface area contributed by atoms with E-state index in [4.69, 9.17) is 5.11 Å². The van der Waals surface area contributed by atoms with Crippen molar-refractivity contribution in [3.8, 4) is 0 Å². The molecule has 1 N–H and O–H groups in total. The van der Waals surface area contributed by atoms with Gasteiger partial charge in [-0.05, 0) is 25.0 Å². The Bertz CT molecular complexity index is 628. The van der Waals surface area contributed by atoms with Gasteiger partial charge >= 0.3 is 5.97 Å². The highest BCUT2D eigenvalue weighted by Crippen LogP contribution is 2.33. The van der Waals surface area contributed by atoms with Gasteiger partial charge in [0.05, 0.1) is 6.42 Å². The monoisotopic (exact) mass is 305 g/mol. The van der Waals surface area contributed by atoms with Gasteiger partial charge in [0, 0.05) is 18.7 Å². The van der Waals surface area contributed by atoms with Gasteiger partial charge < -0.3 is 5.11 Å². The number of sulfonamides is 1. The predicted molar refractivity (Wildman–Crippen MR) is 65.5 cm³/mol. The lowest BCUT2D eigenvalue weighted by Gasteiger charge is -2.21. The number of carboxylic acid groups (broad SMARTS) is 1. The lowest BCUT2D eigenvalue weighted by atomic mass is 10.3. The summed E-state index contributed by atoms with van der Waals surface area (Å²) in [6, 6.07) is 1.91. The van der Waals surface area contributed by atoms with Gasteiger partial charge in [0.25, 0.3) is 0 Å². The SMILES string of the molecule is O=C(O)CCN(C1CC1)S(=O)(=O)c1ccc(F)cc1F. The minimum Gasteiger partial charge on any atom is -0.481 e. The quantitative estimate of drug-likeness (QED) is 0.866. The molecule has 1 aromatic rings. The number of rotatable bonds is 6. The minimum absolute atomic E-state index is 0.223. The fraction of sp³-hybridized carbons (Fsp3) is 0.417. The second kappa shape index (κ2) is 5.45. The molecule has 0 aromatic heterocycles. The van der Waals surface area contributed by atoms with E-state index in [1.807, 2.05) is 0 Å². The molecule has 5 nitrogen and oxygen atoms in total.